The predicted octanol–water partition coefficient (Wildman–Crippen LogP) is 4.30. The summed E-state index contributed by atoms with van der Waals surface area (Å²) in [6.45, 7) is 11.3. The van der Waals surface area contributed by atoms with Crippen LogP contribution in [0.15, 0.2) is 46.3 Å². The third-order valence-electron chi connectivity index (χ3n) is 10.8. The van der Waals surface area contributed by atoms with E-state index >= 15 is 0 Å². The zero-order chi connectivity index (χ0) is 42.7. The molecule has 15 nitrogen and oxygen atoms in total. The van der Waals surface area contributed by atoms with Gasteiger partial charge < -0.3 is 39.4 Å². The summed E-state index contributed by atoms with van der Waals surface area (Å²) in [5.74, 6) is -0.354. The van der Waals surface area contributed by atoms with Gasteiger partial charge in [0.25, 0.3) is 5.56 Å². The summed E-state index contributed by atoms with van der Waals surface area (Å²) in [4.78, 5) is 74.2. The second-order valence-electron chi connectivity index (χ2n) is 15.1. The fraction of sp³-hybridized carbons (Fsp3) is 0.636. The van der Waals surface area contributed by atoms with E-state index in [2.05, 4.69) is 10.6 Å². The van der Waals surface area contributed by atoms with Crippen LogP contribution in [0.4, 0.5) is 0 Å². The highest BCUT2D eigenvalue weighted by atomic mass is 32.2. The molecule has 2 N–H and O–H groups in total. The van der Waals surface area contributed by atoms with Gasteiger partial charge in [0.05, 0.1) is 69.0 Å². The Morgan fingerprint density at radius 1 is 0.767 bits per heavy atom. The molecular formula is C44H64N6O9S. The Labute approximate surface area is 357 Å². The van der Waals surface area contributed by atoms with Crippen LogP contribution in [0.2, 0.25) is 0 Å². The van der Waals surface area contributed by atoms with Gasteiger partial charge in [-0.15, -0.1) is 0 Å². The Morgan fingerprint density at radius 2 is 1.32 bits per heavy atom. The third kappa shape index (κ3) is 13.2. The summed E-state index contributed by atoms with van der Waals surface area (Å²) in [7, 11) is 0. The lowest BCUT2D eigenvalue weighted by molar-refractivity contribution is -0.138. The molecule has 3 aromatic rings. The number of aromatic nitrogens is 2. The van der Waals surface area contributed by atoms with Gasteiger partial charge in [0.1, 0.15) is 12.1 Å². The van der Waals surface area contributed by atoms with E-state index in [1.165, 1.54) is 11.8 Å². The lowest BCUT2D eigenvalue weighted by Gasteiger charge is -2.28. The first-order chi connectivity index (χ1) is 29.3. The van der Waals surface area contributed by atoms with Crippen molar-refractivity contribution < 1.29 is 38.1 Å². The van der Waals surface area contributed by atoms with Crippen molar-refractivity contribution in [1.29, 1.82) is 0 Å². The molecule has 60 heavy (non-hydrogen) atoms. The van der Waals surface area contributed by atoms with Crippen molar-refractivity contribution in [2.75, 3.05) is 79.0 Å². The molecule has 0 radical (unpaired) electrons. The summed E-state index contributed by atoms with van der Waals surface area (Å²) in [6.07, 6.45) is 6.53. The molecule has 16 heteroatoms. The van der Waals surface area contributed by atoms with E-state index in [-0.39, 0.29) is 35.2 Å². The molecule has 0 aliphatic carbocycles. The summed E-state index contributed by atoms with van der Waals surface area (Å²) in [5.41, 5.74) is 0.480. The Hall–Kier alpha value is -4.09. The van der Waals surface area contributed by atoms with E-state index in [1.54, 1.807) is 14.4 Å². The fourth-order valence-electron chi connectivity index (χ4n) is 7.67. The van der Waals surface area contributed by atoms with E-state index in [4.69, 9.17) is 23.9 Å². The van der Waals surface area contributed by atoms with Crippen molar-refractivity contribution in [1.82, 2.24) is 30.0 Å². The van der Waals surface area contributed by atoms with Crippen molar-refractivity contribution in [3.63, 3.8) is 0 Å². The van der Waals surface area contributed by atoms with Crippen LogP contribution >= 0.6 is 11.8 Å². The molecular weight excluding hydrogens is 789 g/mol. The number of rotatable bonds is 26. The maximum absolute atomic E-state index is 14.0. The molecule has 0 saturated carbocycles. The average Bonchev–Trinajstić information content (AvgIpc) is 3.96. The minimum atomic E-state index is -0.558. The molecule has 5 rings (SSSR count). The normalized spacial score (nSPS) is 17.1. The lowest BCUT2D eigenvalue weighted by atomic mass is 10.1. The highest BCUT2D eigenvalue weighted by molar-refractivity contribution is 8.00. The molecule has 2 aliphatic heterocycles. The van der Waals surface area contributed by atoms with E-state index in [1.807, 2.05) is 57.2 Å². The molecule has 0 bridgehead atoms. The first-order valence-corrected chi connectivity index (χ1v) is 22.7. The van der Waals surface area contributed by atoms with Crippen molar-refractivity contribution in [3.05, 3.63) is 46.8 Å². The van der Waals surface area contributed by atoms with Gasteiger partial charge in [-0.2, -0.15) is 0 Å². The first-order valence-electron chi connectivity index (χ1n) is 21.8. The van der Waals surface area contributed by atoms with Gasteiger partial charge >= 0.3 is 0 Å². The number of nitrogens with zero attached hydrogens (tertiary/aromatic N) is 4. The number of fused-ring (bicyclic) bond motifs is 2. The summed E-state index contributed by atoms with van der Waals surface area (Å²) < 4.78 is 24.0. The molecule has 0 spiro atoms. The summed E-state index contributed by atoms with van der Waals surface area (Å²) in [5, 5.41) is 8.37. The zero-order valence-electron chi connectivity index (χ0n) is 35.6. The zero-order valence-corrected chi connectivity index (χ0v) is 36.4. The second kappa shape index (κ2) is 25.0. The molecule has 2 saturated heterocycles. The highest BCUT2D eigenvalue weighted by Gasteiger charge is 2.38. The number of amides is 4. The smallest absolute Gasteiger partial charge is 0.262 e. The maximum atomic E-state index is 14.0. The van der Waals surface area contributed by atoms with Crippen molar-refractivity contribution >= 4 is 57.1 Å². The van der Waals surface area contributed by atoms with Crippen LogP contribution in [0.1, 0.15) is 78.6 Å². The molecule has 1 aromatic heterocycles. The Bertz CT molecular complexity index is 1930. The molecule has 3 heterocycles. The largest absolute Gasteiger partial charge is 0.377 e. The number of ether oxygens (including phenoxy) is 4. The topological polar surface area (TPSA) is 171 Å². The van der Waals surface area contributed by atoms with Crippen LogP contribution in [0.3, 0.4) is 0 Å². The molecule has 330 valence electrons. The summed E-state index contributed by atoms with van der Waals surface area (Å²) >= 11 is 1.32. The van der Waals surface area contributed by atoms with Gasteiger partial charge in [0, 0.05) is 39.1 Å². The molecule has 3 atom stereocenters. The minimum absolute atomic E-state index is 0.0632. The molecule has 2 aromatic carbocycles. The number of hydrogen-bond acceptors (Lipinski definition) is 11. The number of thioether (sulfide) groups is 1. The fourth-order valence-corrected chi connectivity index (χ4v) is 9.00. The van der Waals surface area contributed by atoms with Crippen LogP contribution in [0.5, 0.6) is 0 Å². The van der Waals surface area contributed by atoms with Crippen molar-refractivity contribution in [3.8, 4) is 0 Å². The summed E-state index contributed by atoms with van der Waals surface area (Å²) in [6, 6.07) is 10.8. The monoisotopic (exact) mass is 852 g/mol. The number of carbonyl (C=O) groups is 4. The lowest BCUT2D eigenvalue weighted by Crippen LogP contribution is -2.49. The Kier molecular flexibility index (Phi) is 19.6. The van der Waals surface area contributed by atoms with Crippen LogP contribution < -0.4 is 16.2 Å². The van der Waals surface area contributed by atoms with Crippen LogP contribution in [0, 0.1) is 0 Å². The SMILES string of the molecule is CCCCC(=O)N1CCCC1C(=O)NCCOCCOCCOCCOCCNC(=O)[C@H]1CCCN1C(=O)C(CCC)Sc1nc2cc3ccccc3cc2c(=O)n1CC. The minimum Gasteiger partial charge on any atom is -0.377 e. The van der Waals surface area contributed by atoms with Crippen LogP contribution in [-0.2, 0) is 44.7 Å². The molecule has 2 unspecified atom stereocenters. The van der Waals surface area contributed by atoms with E-state index in [9.17, 15) is 24.0 Å². The number of benzene rings is 2. The average molecular weight is 853 g/mol. The quantitative estimate of drug-likeness (QED) is 0.0511. The second-order valence-corrected chi connectivity index (χ2v) is 16.3. The van der Waals surface area contributed by atoms with Crippen molar-refractivity contribution in [2.24, 2.45) is 0 Å². The first kappa shape index (κ1) is 47.0. The number of nitrogens with one attached hydrogen (secondary N) is 2. The Morgan fingerprint density at radius 3 is 1.88 bits per heavy atom. The number of unbranched alkanes of at least 4 members (excludes halogenated alkanes) is 1. The van der Waals surface area contributed by atoms with E-state index in [0.717, 1.165) is 42.9 Å². The molecule has 2 aliphatic rings. The number of hydrogen-bond donors (Lipinski definition) is 2. The maximum Gasteiger partial charge on any atom is 0.262 e. The van der Waals surface area contributed by atoms with Gasteiger partial charge in [-0.1, -0.05) is 62.7 Å². The Balaban J connectivity index is 0.924. The number of carbonyl (C=O) groups excluding carboxylic acids is 4. The molecule has 2 fully saturated rings. The van der Waals surface area contributed by atoms with E-state index < -0.39 is 11.3 Å². The van der Waals surface area contributed by atoms with E-state index in [0.29, 0.717) is 127 Å². The van der Waals surface area contributed by atoms with Gasteiger partial charge in [0.2, 0.25) is 23.6 Å². The highest BCUT2D eigenvalue weighted by Crippen LogP contribution is 2.31. The van der Waals surface area contributed by atoms with Crippen LogP contribution in [0.25, 0.3) is 21.7 Å². The van der Waals surface area contributed by atoms with Crippen LogP contribution in [-0.4, -0.2) is 139 Å². The standard InChI is InChI=1S/C44H64N6O9S/c1-4-7-17-39(51)49-20-10-15-36(49)40(52)45-18-22-56-24-26-58-28-29-59-27-25-57-23-19-46-41(53)37-16-11-21-50(37)43(55)38(12-5-2)60-44-47-35-31-33-14-9-8-13-32(33)30-34(35)42(54)48(44)6-3/h8-9,13-14,30-31,36-38H,4-7,10-12,15-29H2,1-3H3,(H,45,52)(H,46,53)/t36?,37-,38?/m1/s1. The van der Waals surface area contributed by atoms with Gasteiger partial charge in [-0.3, -0.25) is 28.5 Å². The third-order valence-corrected chi connectivity index (χ3v) is 12.1. The van der Waals surface area contributed by atoms with Gasteiger partial charge in [-0.25, -0.2) is 4.98 Å². The van der Waals surface area contributed by atoms with Gasteiger partial charge in [-0.05, 0) is 68.4 Å². The van der Waals surface area contributed by atoms with Crippen molar-refractivity contribution in [2.45, 2.75) is 108 Å². The number of likely N-dealkylation sites (tertiary alicyclic amines) is 2. The molecule has 4 amide bonds. The predicted molar refractivity (Wildman–Crippen MR) is 232 cm³/mol. The van der Waals surface area contributed by atoms with Gasteiger partial charge in [0.15, 0.2) is 5.16 Å².